The van der Waals surface area contributed by atoms with Crippen molar-refractivity contribution in [2.75, 3.05) is 0 Å². The molecule has 6 rings (SSSR count). The van der Waals surface area contributed by atoms with Gasteiger partial charge in [0, 0.05) is 42.5 Å². The summed E-state index contributed by atoms with van der Waals surface area (Å²) in [6, 6.07) is 5.05. The molecule has 0 aliphatic heterocycles. The smallest absolute Gasteiger partial charge is 0.248 e. The highest BCUT2D eigenvalue weighted by atomic mass is 19.3. The predicted octanol–water partition coefficient (Wildman–Crippen LogP) is 5.83. The van der Waals surface area contributed by atoms with Crippen LogP contribution in [-0.4, -0.2) is 21.9 Å². The Bertz CT molecular complexity index is 1090. The molecule has 1 heterocycles. The molecule has 4 aliphatic rings. The van der Waals surface area contributed by atoms with Crippen molar-refractivity contribution >= 4 is 5.78 Å². The van der Waals surface area contributed by atoms with Crippen LogP contribution in [0.1, 0.15) is 74.8 Å². The Morgan fingerprint density at radius 2 is 1.81 bits per heavy atom. The molecule has 4 aliphatic carbocycles. The number of carbonyl (C=O) groups excluding carboxylic acids is 1. The second kappa shape index (κ2) is 6.81. The minimum atomic E-state index is -2.28. The average Bonchev–Trinajstić information content (AvgIpc) is 3.25. The predicted molar refractivity (Wildman–Crippen MR) is 112 cm³/mol. The molecule has 1 aromatic carbocycles. The molecule has 164 valence electrons. The van der Waals surface area contributed by atoms with Crippen molar-refractivity contribution in [3.63, 3.8) is 0 Å². The molecule has 1 saturated carbocycles. The van der Waals surface area contributed by atoms with Crippen molar-refractivity contribution in [3.05, 3.63) is 63.7 Å². The fraction of sp³-hybridized carbons (Fsp3) is 0.520. The van der Waals surface area contributed by atoms with Crippen LogP contribution in [0.2, 0.25) is 0 Å². The van der Waals surface area contributed by atoms with Crippen LogP contribution in [0.25, 0.3) is 0 Å². The quantitative estimate of drug-likeness (QED) is 0.574. The number of aromatic nitrogens is 2. The van der Waals surface area contributed by atoms with Gasteiger partial charge in [0.05, 0.1) is 11.6 Å². The van der Waals surface area contributed by atoms with Crippen LogP contribution in [0.3, 0.4) is 0 Å². The average molecular weight is 428 g/mol. The van der Waals surface area contributed by atoms with E-state index in [1.54, 1.807) is 6.07 Å². The summed E-state index contributed by atoms with van der Waals surface area (Å²) in [6.45, 7) is 4.34. The first-order valence-corrected chi connectivity index (χ1v) is 11.1. The molecule has 0 amide bonds. The number of aryl methyl sites for hydroxylation is 1. The second-order valence-electron chi connectivity index (χ2n) is 10.3. The summed E-state index contributed by atoms with van der Waals surface area (Å²) in [5, 5.41) is 7.45. The third-order valence-corrected chi connectivity index (χ3v) is 7.34. The van der Waals surface area contributed by atoms with Crippen molar-refractivity contribution in [3.8, 4) is 0 Å². The van der Waals surface area contributed by atoms with Crippen molar-refractivity contribution in [2.24, 2.45) is 5.41 Å². The molecule has 0 saturated heterocycles. The highest BCUT2D eigenvalue weighted by Crippen LogP contribution is 2.57. The standard InChI is InChI=1S/C21H21FN2O.C4H6F2/c1-20(2)9-13-8-17-16(11-23-24-17)21(19(13)18(25)10-20)6-5-12-7-14(22)3-4-15(12)21;5-4(6)2-1-3-4/h3-4,7,11H,5-6,8-10H2,1-2H3,(H,23,24);1-3H2/t21-;/m1./s1. The lowest BCUT2D eigenvalue weighted by Gasteiger charge is -2.43. The second-order valence-corrected chi connectivity index (χ2v) is 10.3. The number of H-pyrrole nitrogens is 1. The number of fused-ring (bicyclic) bond motifs is 5. The Morgan fingerprint density at radius 3 is 2.48 bits per heavy atom. The van der Waals surface area contributed by atoms with Crippen LogP contribution in [0.5, 0.6) is 0 Å². The molecule has 2 aromatic rings. The third kappa shape index (κ3) is 3.26. The topological polar surface area (TPSA) is 45.8 Å². The number of hydrogen-bond donors (Lipinski definition) is 1. The number of ketones is 1. The van der Waals surface area contributed by atoms with Gasteiger partial charge in [-0.05, 0) is 54.4 Å². The Morgan fingerprint density at radius 1 is 1.06 bits per heavy atom. The minimum absolute atomic E-state index is 0.00113. The lowest BCUT2D eigenvalue weighted by atomic mass is 9.58. The van der Waals surface area contributed by atoms with Gasteiger partial charge >= 0.3 is 0 Å². The van der Waals surface area contributed by atoms with Gasteiger partial charge < -0.3 is 0 Å². The van der Waals surface area contributed by atoms with Gasteiger partial charge in [-0.1, -0.05) is 25.5 Å². The van der Waals surface area contributed by atoms with Crippen molar-refractivity contribution in [2.45, 2.75) is 76.6 Å². The molecule has 1 N–H and O–H groups in total. The zero-order valence-corrected chi connectivity index (χ0v) is 18.0. The van der Waals surface area contributed by atoms with E-state index < -0.39 is 11.3 Å². The number of hydrogen-bond acceptors (Lipinski definition) is 2. The highest BCUT2D eigenvalue weighted by Gasteiger charge is 2.53. The molecule has 1 atom stereocenters. The number of allylic oxidation sites excluding steroid dienone is 2. The highest BCUT2D eigenvalue weighted by molar-refractivity contribution is 6.02. The number of nitrogens with zero attached hydrogens (tertiary/aromatic N) is 1. The Balaban J connectivity index is 0.000000296. The molecule has 1 aromatic heterocycles. The summed E-state index contributed by atoms with van der Waals surface area (Å²) >= 11 is 0. The third-order valence-electron chi connectivity index (χ3n) is 7.34. The Labute approximate surface area is 180 Å². The normalized spacial score (nSPS) is 27.1. The summed E-state index contributed by atoms with van der Waals surface area (Å²) in [4.78, 5) is 13.3. The van der Waals surface area contributed by atoms with E-state index in [4.69, 9.17) is 0 Å². The SMILES string of the molecule is CC1(C)CC(=O)C2=C(Cc3[nH]ncc3[C@]23CCc2cc(F)ccc23)C1.FC1(F)CCC1. The van der Waals surface area contributed by atoms with Crippen molar-refractivity contribution in [1.29, 1.82) is 0 Å². The van der Waals surface area contributed by atoms with Gasteiger partial charge in [-0.25, -0.2) is 13.2 Å². The minimum Gasteiger partial charge on any atom is -0.294 e. The summed E-state index contributed by atoms with van der Waals surface area (Å²) in [5.74, 6) is -2.22. The summed E-state index contributed by atoms with van der Waals surface area (Å²) in [7, 11) is 0. The Hall–Kier alpha value is -2.37. The molecule has 0 radical (unpaired) electrons. The van der Waals surface area contributed by atoms with E-state index in [1.165, 1.54) is 11.6 Å². The molecule has 1 fully saturated rings. The van der Waals surface area contributed by atoms with Gasteiger partial charge in [0.15, 0.2) is 5.78 Å². The van der Waals surface area contributed by atoms with E-state index in [-0.39, 0.29) is 29.9 Å². The lowest BCUT2D eigenvalue weighted by Crippen LogP contribution is -2.41. The number of nitrogens with one attached hydrogen (secondary N) is 1. The first-order valence-electron chi connectivity index (χ1n) is 11.1. The van der Waals surface area contributed by atoms with E-state index >= 15 is 0 Å². The van der Waals surface area contributed by atoms with Crippen LogP contribution in [0, 0.1) is 11.2 Å². The number of benzene rings is 1. The van der Waals surface area contributed by atoms with Gasteiger partial charge in [0.25, 0.3) is 0 Å². The Kier molecular flexibility index (Phi) is 4.51. The first-order chi connectivity index (χ1) is 14.6. The van der Waals surface area contributed by atoms with Crippen molar-refractivity contribution < 1.29 is 18.0 Å². The van der Waals surface area contributed by atoms with E-state index in [2.05, 4.69) is 24.0 Å². The number of Topliss-reactive ketones (excluding diaryl/α,β-unsaturated/α-hetero) is 1. The number of carbonyl (C=O) groups is 1. The van der Waals surface area contributed by atoms with Crippen LogP contribution in [0.15, 0.2) is 35.5 Å². The number of rotatable bonds is 0. The van der Waals surface area contributed by atoms with E-state index in [1.807, 2.05) is 12.3 Å². The maximum absolute atomic E-state index is 13.8. The maximum atomic E-state index is 13.8. The van der Waals surface area contributed by atoms with Gasteiger partial charge in [-0.2, -0.15) is 5.10 Å². The fourth-order valence-corrected chi connectivity index (χ4v) is 5.93. The molecule has 0 bridgehead atoms. The summed E-state index contributed by atoms with van der Waals surface area (Å²) < 4.78 is 36.8. The van der Waals surface area contributed by atoms with Crippen LogP contribution in [-0.2, 0) is 23.1 Å². The van der Waals surface area contributed by atoms with Crippen molar-refractivity contribution in [1.82, 2.24) is 10.2 Å². The lowest BCUT2D eigenvalue weighted by molar-refractivity contribution is -0.118. The molecule has 0 unspecified atom stereocenters. The van der Waals surface area contributed by atoms with Crippen LogP contribution >= 0.6 is 0 Å². The van der Waals surface area contributed by atoms with Gasteiger partial charge in [0.1, 0.15) is 5.82 Å². The molecular formula is C25H27F3N2O. The van der Waals surface area contributed by atoms with Gasteiger partial charge in [-0.3, -0.25) is 9.89 Å². The zero-order chi connectivity index (χ0) is 22.0. The zero-order valence-electron chi connectivity index (χ0n) is 18.0. The van der Waals surface area contributed by atoms with Crippen LogP contribution in [0.4, 0.5) is 13.2 Å². The van der Waals surface area contributed by atoms with E-state index in [9.17, 15) is 18.0 Å². The molecular weight excluding hydrogens is 401 g/mol. The monoisotopic (exact) mass is 428 g/mol. The van der Waals surface area contributed by atoms with Gasteiger partial charge in [0.2, 0.25) is 5.92 Å². The number of alkyl halides is 2. The fourth-order valence-electron chi connectivity index (χ4n) is 5.93. The summed E-state index contributed by atoms with van der Waals surface area (Å²) in [6.07, 6.45) is 6.74. The van der Waals surface area contributed by atoms with Crippen LogP contribution < -0.4 is 0 Å². The molecule has 3 nitrogen and oxygen atoms in total. The maximum Gasteiger partial charge on any atom is 0.248 e. The summed E-state index contributed by atoms with van der Waals surface area (Å²) in [5.41, 5.74) is 6.13. The van der Waals surface area contributed by atoms with Gasteiger partial charge in [-0.15, -0.1) is 0 Å². The van der Waals surface area contributed by atoms with E-state index in [0.29, 0.717) is 12.8 Å². The largest absolute Gasteiger partial charge is 0.294 e. The number of aromatic amines is 1. The number of halogens is 3. The van der Waals surface area contributed by atoms with E-state index in [0.717, 1.165) is 53.6 Å². The first kappa shape index (κ1) is 20.5. The molecule has 6 heteroatoms. The molecule has 1 spiro atoms. The molecule has 31 heavy (non-hydrogen) atoms.